The minimum Gasteiger partial charge on any atom is -0.444 e. The van der Waals surface area contributed by atoms with E-state index in [1.807, 2.05) is 36.6 Å². The van der Waals surface area contributed by atoms with Crippen molar-refractivity contribution in [2.45, 2.75) is 139 Å². The first-order valence-electron chi connectivity index (χ1n) is 18.9. The van der Waals surface area contributed by atoms with Gasteiger partial charge in [-0.3, -0.25) is 14.4 Å². The van der Waals surface area contributed by atoms with Crippen LogP contribution in [0.3, 0.4) is 0 Å². The Bertz CT molecular complexity index is 1620. The van der Waals surface area contributed by atoms with Crippen LogP contribution in [-0.4, -0.2) is 92.7 Å². The van der Waals surface area contributed by atoms with Crippen LogP contribution >= 0.6 is 10.7 Å². The second-order valence-electron chi connectivity index (χ2n) is 16.0. The average Bonchev–Trinajstić information content (AvgIpc) is 4.01. The highest BCUT2D eigenvalue weighted by Crippen LogP contribution is 2.47. The predicted molar refractivity (Wildman–Crippen MR) is 201 cm³/mol. The lowest BCUT2D eigenvalue weighted by Gasteiger charge is -2.33. The standard InChI is InChI=1S/C39H55N5O7S/c1-6-52(29-18-19-29)42-35(47)39-21-27(39)15-10-8-7-9-11-17-31(40-36(48)51-38(3,4)5)34(46)44-24-28(20-32(44)33(45)41-39)50-37(49)43-22-25(2)30-16-13-12-14-26(30)23-43/h6,10,12-16,25,27-29,31-32H,7-9,11,17-24H2,1-5H3,(H,40,48)(H,41,45)(H,42,47)/b15-10-/t25-,27-,28-,31+,32+,39-,52?/m1/s1. The minimum absolute atomic E-state index is 0.0202. The zero-order valence-corrected chi connectivity index (χ0v) is 32.0. The molecule has 7 atom stereocenters. The van der Waals surface area contributed by atoms with Gasteiger partial charge >= 0.3 is 12.2 Å². The van der Waals surface area contributed by atoms with E-state index in [9.17, 15) is 24.0 Å². The number of carbonyl (C=O) groups is 5. The number of carbonyl (C=O) groups excluding carboxylic acids is 5. The highest BCUT2D eigenvalue weighted by atomic mass is 32.2. The van der Waals surface area contributed by atoms with Gasteiger partial charge in [0, 0.05) is 30.7 Å². The molecule has 0 bridgehead atoms. The van der Waals surface area contributed by atoms with E-state index in [4.69, 9.17) is 9.47 Å². The van der Waals surface area contributed by atoms with Gasteiger partial charge in [0.15, 0.2) is 0 Å². The van der Waals surface area contributed by atoms with Crippen LogP contribution in [0.4, 0.5) is 9.59 Å². The van der Waals surface area contributed by atoms with Crippen molar-refractivity contribution in [3.8, 4) is 0 Å². The van der Waals surface area contributed by atoms with E-state index in [1.165, 1.54) is 10.5 Å². The number of hydrogen-bond donors (Lipinski definition) is 3. The summed E-state index contributed by atoms with van der Waals surface area (Å²) in [5.74, 6) is -1.18. The molecule has 0 radical (unpaired) electrons. The summed E-state index contributed by atoms with van der Waals surface area (Å²) in [6, 6.07) is 6.07. The Kier molecular flexibility index (Phi) is 11.4. The first kappa shape index (κ1) is 37.9. The van der Waals surface area contributed by atoms with Crippen LogP contribution < -0.4 is 15.4 Å². The van der Waals surface area contributed by atoms with Crippen molar-refractivity contribution in [1.29, 1.82) is 0 Å². The molecule has 284 valence electrons. The topological polar surface area (TPSA) is 146 Å². The van der Waals surface area contributed by atoms with E-state index < -0.39 is 53.3 Å². The summed E-state index contributed by atoms with van der Waals surface area (Å²) >= 11 is 0. The summed E-state index contributed by atoms with van der Waals surface area (Å²) < 4.78 is 14.8. The second-order valence-corrected chi connectivity index (χ2v) is 18.1. The molecule has 2 aliphatic carbocycles. The monoisotopic (exact) mass is 737 g/mol. The molecule has 1 aromatic rings. The van der Waals surface area contributed by atoms with E-state index in [-0.39, 0.29) is 41.4 Å². The molecule has 13 heteroatoms. The van der Waals surface area contributed by atoms with E-state index in [1.54, 1.807) is 25.7 Å². The Morgan fingerprint density at radius 2 is 1.83 bits per heavy atom. The van der Waals surface area contributed by atoms with Gasteiger partial charge in [-0.15, -0.1) is 0 Å². The molecule has 1 unspecified atom stereocenters. The molecular formula is C39H55N5O7S. The maximum Gasteiger partial charge on any atom is 0.410 e. The van der Waals surface area contributed by atoms with Crippen molar-refractivity contribution in [3.63, 3.8) is 0 Å². The maximum absolute atomic E-state index is 14.4. The third kappa shape index (κ3) is 8.83. The Morgan fingerprint density at radius 1 is 1.06 bits per heavy atom. The fourth-order valence-electron chi connectivity index (χ4n) is 7.68. The predicted octanol–water partition coefficient (Wildman–Crippen LogP) is 5.28. The van der Waals surface area contributed by atoms with Crippen LogP contribution in [0.2, 0.25) is 0 Å². The van der Waals surface area contributed by atoms with Crippen molar-refractivity contribution in [2.24, 2.45) is 5.92 Å². The molecule has 3 fully saturated rings. The summed E-state index contributed by atoms with van der Waals surface area (Å²) in [6.07, 6.45) is 8.33. The molecular weight excluding hydrogens is 683 g/mol. The molecule has 3 aliphatic heterocycles. The van der Waals surface area contributed by atoms with Gasteiger partial charge in [-0.1, -0.05) is 66.9 Å². The number of nitrogens with one attached hydrogen (secondary N) is 3. The van der Waals surface area contributed by atoms with Gasteiger partial charge in [0.1, 0.15) is 29.3 Å². The Hall–Kier alpha value is -3.87. The number of rotatable bonds is 5. The lowest BCUT2D eigenvalue weighted by Crippen LogP contribution is -2.57. The number of nitrogens with zero attached hydrogens (tertiary/aromatic N) is 2. The first-order chi connectivity index (χ1) is 24.8. The number of ether oxygens (including phenoxy) is 2. The van der Waals surface area contributed by atoms with Crippen molar-refractivity contribution in [2.75, 3.05) is 13.1 Å². The van der Waals surface area contributed by atoms with Gasteiger partial charge in [-0.05, 0) is 88.6 Å². The van der Waals surface area contributed by atoms with Crippen molar-refractivity contribution in [3.05, 3.63) is 47.5 Å². The quantitative estimate of drug-likeness (QED) is 0.275. The molecule has 3 heterocycles. The Balaban J connectivity index is 1.25. The SMILES string of the molecule is C/C=S(/NC(=O)[C@@]12C[C@H]1/C=C\CCCCC[C@H](NC(=O)OC(C)(C)C)C(=O)N1C[C@H](OC(=O)N3Cc4ccccc4[C@H](C)C3)C[C@H]1C(=O)N2)C1CC1. The van der Waals surface area contributed by atoms with Crippen LogP contribution in [-0.2, 0) is 30.4 Å². The van der Waals surface area contributed by atoms with Crippen molar-refractivity contribution in [1.82, 2.24) is 25.2 Å². The smallest absolute Gasteiger partial charge is 0.410 e. The third-order valence-electron chi connectivity index (χ3n) is 10.7. The first-order valence-corrected chi connectivity index (χ1v) is 20.3. The van der Waals surface area contributed by atoms with Gasteiger partial charge in [0.2, 0.25) is 11.8 Å². The van der Waals surface area contributed by atoms with E-state index in [0.717, 1.165) is 37.7 Å². The van der Waals surface area contributed by atoms with Crippen molar-refractivity contribution < 1.29 is 33.4 Å². The van der Waals surface area contributed by atoms with Gasteiger partial charge in [-0.25, -0.2) is 9.59 Å². The van der Waals surface area contributed by atoms with Gasteiger partial charge < -0.3 is 34.6 Å². The summed E-state index contributed by atoms with van der Waals surface area (Å²) in [6.45, 7) is 10.2. The van der Waals surface area contributed by atoms with Gasteiger partial charge in [0.25, 0.3) is 5.91 Å². The van der Waals surface area contributed by atoms with E-state index >= 15 is 0 Å². The molecule has 0 spiro atoms. The fraction of sp³-hybridized carbons (Fsp3) is 0.641. The molecule has 0 aromatic heterocycles. The van der Waals surface area contributed by atoms with Crippen molar-refractivity contribution >= 4 is 45.9 Å². The highest BCUT2D eigenvalue weighted by molar-refractivity contribution is 8.14. The number of alkyl carbamates (subject to hydrolysis) is 1. The number of allylic oxidation sites excluding steroid dienone is 1. The van der Waals surface area contributed by atoms with E-state index in [0.29, 0.717) is 37.6 Å². The molecule has 3 N–H and O–H groups in total. The highest BCUT2D eigenvalue weighted by Gasteiger charge is 2.61. The maximum atomic E-state index is 14.4. The number of fused-ring (bicyclic) bond motifs is 3. The summed E-state index contributed by atoms with van der Waals surface area (Å²) in [5, 5.41) is 8.32. The van der Waals surface area contributed by atoms with Gasteiger partial charge in [-0.2, -0.15) is 0 Å². The molecule has 5 aliphatic rings. The number of hydrogen-bond acceptors (Lipinski definition) is 7. The molecule has 1 saturated heterocycles. The average molecular weight is 738 g/mol. The van der Waals surface area contributed by atoms with Crippen LogP contribution in [0.15, 0.2) is 36.4 Å². The van der Waals surface area contributed by atoms with Crippen LogP contribution in [0.25, 0.3) is 0 Å². The van der Waals surface area contributed by atoms with E-state index in [2.05, 4.69) is 34.4 Å². The molecule has 1 aromatic carbocycles. The van der Waals surface area contributed by atoms with Gasteiger partial charge in [0.05, 0.1) is 6.54 Å². The number of amides is 5. The fourth-order valence-corrected chi connectivity index (χ4v) is 9.39. The zero-order chi connectivity index (χ0) is 37.2. The minimum atomic E-state index is -1.13. The summed E-state index contributed by atoms with van der Waals surface area (Å²) in [7, 11) is -0.385. The lowest BCUT2D eigenvalue weighted by atomic mass is 9.91. The second kappa shape index (κ2) is 15.6. The third-order valence-corrected chi connectivity index (χ3v) is 12.8. The molecule has 12 nitrogen and oxygen atoms in total. The molecule has 2 saturated carbocycles. The van der Waals surface area contributed by atoms with Crippen LogP contribution in [0.5, 0.6) is 0 Å². The van der Waals surface area contributed by atoms with Crippen LogP contribution in [0.1, 0.15) is 109 Å². The Labute approximate surface area is 309 Å². The Morgan fingerprint density at radius 3 is 2.56 bits per heavy atom. The number of benzene rings is 1. The summed E-state index contributed by atoms with van der Waals surface area (Å²) in [4.78, 5) is 72.4. The summed E-state index contributed by atoms with van der Waals surface area (Å²) in [5.41, 5.74) is 0.359. The normalized spacial score (nSPS) is 30.7. The van der Waals surface area contributed by atoms with Crippen LogP contribution in [0, 0.1) is 5.92 Å². The molecule has 6 rings (SSSR count). The zero-order valence-electron chi connectivity index (χ0n) is 31.2. The molecule has 5 amide bonds. The largest absolute Gasteiger partial charge is 0.444 e. The lowest BCUT2D eigenvalue weighted by molar-refractivity contribution is -0.141. The molecule has 52 heavy (non-hydrogen) atoms.